The van der Waals surface area contributed by atoms with E-state index in [2.05, 4.69) is 4.99 Å². The van der Waals surface area contributed by atoms with E-state index in [-0.39, 0.29) is 5.97 Å². The van der Waals surface area contributed by atoms with Crippen LogP contribution < -0.4 is 0 Å². The molecule has 0 spiro atoms. The van der Waals surface area contributed by atoms with Crippen LogP contribution >= 0.6 is 0 Å². The van der Waals surface area contributed by atoms with Crippen molar-refractivity contribution in [3.05, 3.63) is 71.8 Å². The van der Waals surface area contributed by atoms with Crippen LogP contribution in [0.25, 0.3) is 0 Å². The lowest BCUT2D eigenvalue weighted by atomic mass is 10.1. The van der Waals surface area contributed by atoms with Gasteiger partial charge in [0.1, 0.15) is 0 Å². The van der Waals surface area contributed by atoms with Crippen LogP contribution in [0.4, 0.5) is 0 Å². The van der Waals surface area contributed by atoms with E-state index in [1.165, 1.54) is 0 Å². The van der Waals surface area contributed by atoms with E-state index in [9.17, 15) is 4.79 Å². The summed E-state index contributed by atoms with van der Waals surface area (Å²) in [4.78, 5) is 16.9. The van der Waals surface area contributed by atoms with E-state index in [0.717, 1.165) is 11.1 Å². The summed E-state index contributed by atoms with van der Waals surface area (Å²) in [6.07, 6.45) is 0. The number of aliphatic imine (C=N–C) groups is 1. The van der Waals surface area contributed by atoms with Gasteiger partial charge in [0.2, 0.25) is 5.90 Å². The fraction of sp³-hybridized carbons (Fsp3) is 0.263. The minimum absolute atomic E-state index is 0.312. The van der Waals surface area contributed by atoms with E-state index in [1.807, 2.05) is 67.6 Å². The first-order valence-corrected chi connectivity index (χ1v) is 7.73. The maximum Gasteiger partial charge on any atom is 0.335 e. The predicted octanol–water partition coefficient (Wildman–Crippen LogP) is 3.77. The largest absolute Gasteiger partial charge is 0.478 e. The molecule has 0 aliphatic carbocycles. The van der Waals surface area contributed by atoms with Crippen molar-refractivity contribution in [1.29, 1.82) is 0 Å². The molecule has 0 bridgehead atoms. The molecule has 4 nitrogen and oxygen atoms in total. The standard InChI is InChI=1S/C19H21NO3/c1-3-22-18(16-13-9-6-10-14-16)20-17(19(21)23-4-2)15-11-7-5-8-12-15/h5-14,17H,3-4H2,1-2H3. The van der Waals surface area contributed by atoms with Crippen molar-refractivity contribution < 1.29 is 14.3 Å². The summed E-state index contributed by atoms with van der Waals surface area (Å²) < 4.78 is 10.8. The Hall–Kier alpha value is -2.62. The Morgan fingerprint density at radius 1 is 0.913 bits per heavy atom. The second-order valence-corrected chi connectivity index (χ2v) is 4.80. The first-order valence-electron chi connectivity index (χ1n) is 7.73. The third-order valence-electron chi connectivity index (χ3n) is 3.17. The Morgan fingerprint density at radius 2 is 1.48 bits per heavy atom. The van der Waals surface area contributed by atoms with Crippen LogP contribution in [0.3, 0.4) is 0 Å². The molecule has 0 aliphatic rings. The van der Waals surface area contributed by atoms with Crippen LogP contribution in [0.1, 0.15) is 31.0 Å². The van der Waals surface area contributed by atoms with Crippen molar-refractivity contribution in [2.45, 2.75) is 19.9 Å². The predicted molar refractivity (Wildman–Crippen MR) is 90.4 cm³/mol. The summed E-state index contributed by atoms with van der Waals surface area (Å²) in [5, 5.41) is 0. The Balaban J connectivity index is 2.42. The first-order chi connectivity index (χ1) is 11.3. The Labute approximate surface area is 136 Å². The summed E-state index contributed by atoms with van der Waals surface area (Å²) in [5.74, 6) is 0.0573. The summed E-state index contributed by atoms with van der Waals surface area (Å²) >= 11 is 0. The van der Waals surface area contributed by atoms with E-state index in [1.54, 1.807) is 6.92 Å². The number of esters is 1. The minimum atomic E-state index is -0.738. The molecule has 2 aromatic rings. The van der Waals surface area contributed by atoms with Gasteiger partial charge in [0.15, 0.2) is 6.04 Å². The number of carbonyl (C=O) groups is 1. The van der Waals surface area contributed by atoms with Gasteiger partial charge in [0.05, 0.1) is 13.2 Å². The summed E-state index contributed by atoms with van der Waals surface area (Å²) in [6, 6.07) is 18.2. The van der Waals surface area contributed by atoms with Gasteiger partial charge in [-0.15, -0.1) is 0 Å². The maximum absolute atomic E-state index is 12.3. The number of nitrogens with zero attached hydrogens (tertiary/aromatic N) is 1. The lowest BCUT2D eigenvalue weighted by molar-refractivity contribution is -0.144. The molecule has 0 amide bonds. The lowest BCUT2D eigenvalue weighted by Gasteiger charge is -2.15. The van der Waals surface area contributed by atoms with E-state index in [0.29, 0.717) is 19.1 Å². The van der Waals surface area contributed by atoms with Gasteiger partial charge < -0.3 is 9.47 Å². The Kier molecular flexibility index (Phi) is 6.36. The minimum Gasteiger partial charge on any atom is -0.478 e. The molecule has 0 aliphatic heterocycles. The fourth-order valence-electron chi connectivity index (χ4n) is 2.15. The van der Waals surface area contributed by atoms with E-state index in [4.69, 9.17) is 9.47 Å². The maximum atomic E-state index is 12.3. The van der Waals surface area contributed by atoms with Crippen LogP contribution in [0, 0.1) is 0 Å². The van der Waals surface area contributed by atoms with Gasteiger partial charge in [-0.05, 0) is 31.5 Å². The van der Waals surface area contributed by atoms with Crippen LogP contribution in [0.15, 0.2) is 65.7 Å². The zero-order valence-electron chi connectivity index (χ0n) is 13.4. The smallest absolute Gasteiger partial charge is 0.335 e. The van der Waals surface area contributed by atoms with Crippen LogP contribution in [-0.2, 0) is 14.3 Å². The number of hydrogen-bond acceptors (Lipinski definition) is 4. The van der Waals surface area contributed by atoms with Gasteiger partial charge >= 0.3 is 5.97 Å². The highest BCUT2D eigenvalue weighted by atomic mass is 16.5. The van der Waals surface area contributed by atoms with Crippen LogP contribution in [0.5, 0.6) is 0 Å². The zero-order chi connectivity index (χ0) is 16.5. The lowest BCUT2D eigenvalue weighted by Crippen LogP contribution is -2.18. The second kappa shape index (κ2) is 8.73. The third kappa shape index (κ3) is 4.68. The molecule has 2 aromatic carbocycles. The molecule has 2 rings (SSSR count). The molecule has 0 aromatic heterocycles. The number of ether oxygens (including phenoxy) is 2. The molecule has 0 heterocycles. The van der Waals surface area contributed by atoms with Crippen molar-refractivity contribution in [3.63, 3.8) is 0 Å². The third-order valence-corrected chi connectivity index (χ3v) is 3.17. The fourth-order valence-corrected chi connectivity index (χ4v) is 2.15. The second-order valence-electron chi connectivity index (χ2n) is 4.80. The molecule has 0 N–H and O–H groups in total. The monoisotopic (exact) mass is 311 g/mol. The number of hydrogen-bond donors (Lipinski definition) is 0. The molecule has 23 heavy (non-hydrogen) atoms. The highest BCUT2D eigenvalue weighted by molar-refractivity contribution is 5.96. The van der Waals surface area contributed by atoms with Crippen molar-refractivity contribution in [1.82, 2.24) is 0 Å². The number of rotatable bonds is 6. The SMILES string of the molecule is CCOC(=O)C(N=C(OCC)c1ccccc1)c1ccccc1. The average molecular weight is 311 g/mol. The van der Waals surface area contributed by atoms with Crippen LogP contribution in [-0.4, -0.2) is 25.1 Å². The Morgan fingerprint density at radius 3 is 2.04 bits per heavy atom. The zero-order valence-corrected chi connectivity index (χ0v) is 13.4. The van der Waals surface area contributed by atoms with Crippen molar-refractivity contribution in [2.24, 2.45) is 4.99 Å². The normalized spacial score (nSPS) is 12.5. The topological polar surface area (TPSA) is 47.9 Å². The molecular formula is C19H21NO3. The van der Waals surface area contributed by atoms with Crippen molar-refractivity contribution in [3.8, 4) is 0 Å². The number of benzene rings is 2. The van der Waals surface area contributed by atoms with Crippen molar-refractivity contribution in [2.75, 3.05) is 13.2 Å². The van der Waals surface area contributed by atoms with Gasteiger partial charge in [-0.1, -0.05) is 48.5 Å². The highest BCUT2D eigenvalue weighted by Gasteiger charge is 2.22. The van der Waals surface area contributed by atoms with Gasteiger partial charge in [-0.2, -0.15) is 0 Å². The molecule has 1 atom stereocenters. The summed E-state index contributed by atoms with van der Waals surface area (Å²) in [5.41, 5.74) is 1.61. The molecule has 120 valence electrons. The molecule has 0 saturated carbocycles. The molecule has 0 radical (unpaired) electrons. The first kappa shape index (κ1) is 16.7. The average Bonchev–Trinajstić information content (AvgIpc) is 2.60. The highest BCUT2D eigenvalue weighted by Crippen LogP contribution is 2.21. The van der Waals surface area contributed by atoms with Gasteiger partial charge in [-0.25, -0.2) is 9.79 Å². The Bertz CT molecular complexity index is 638. The summed E-state index contributed by atoms with van der Waals surface area (Å²) in [6.45, 7) is 4.45. The molecular weight excluding hydrogens is 290 g/mol. The molecule has 4 heteroatoms. The quantitative estimate of drug-likeness (QED) is 0.463. The van der Waals surface area contributed by atoms with Crippen LogP contribution in [0.2, 0.25) is 0 Å². The molecule has 0 saturated heterocycles. The van der Waals surface area contributed by atoms with E-state index >= 15 is 0 Å². The van der Waals surface area contributed by atoms with Crippen molar-refractivity contribution >= 4 is 11.9 Å². The molecule has 1 unspecified atom stereocenters. The van der Waals surface area contributed by atoms with Gasteiger partial charge in [-0.3, -0.25) is 0 Å². The van der Waals surface area contributed by atoms with Gasteiger partial charge in [0.25, 0.3) is 0 Å². The van der Waals surface area contributed by atoms with Gasteiger partial charge in [0, 0.05) is 5.56 Å². The van der Waals surface area contributed by atoms with E-state index < -0.39 is 6.04 Å². The number of carbonyl (C=O) groups excluding carboxylic acids is 1. The molecule has 0 fully saturated rings. The summed E-state index contributed by atoms with van der Waals surface area (Å²) in [7, 11) is 0.